The van der Waals surface area contributed by atoms with Gasteiger partial charge in [0.05, 0.1) is 0 Å². The first-order valence-corrected chi connectivity index (χ1v) is 5.16. The highest BCUT2D eigenvalue weighted by atomic mass is 19.1. The fourth-order valence-electron chi connectivity index (χ4n) is 1.39. The van der Waals surface area contributed by atoms with Crippen molar-refractivity contribution in [3.8, 4) is 0 Å². The van der Waals surface area contributed by atoms with Crippen LogP contribution in [0.3, 0.4) is 0 Å². The van der Waals surface area contributed by atoms with E-state index < -0.39 is 11.5 Å². The smallest absolute Gasteiger partial charge is 0.258 e. The molecule has 0 atom stereocenters. The van der Waals surface area contributed by atoms with Crippen LogP contribution in [-0.2, 0) is 4.79 Å². The molecule has 0 saturated carbocycles. The second-order valence-electron chi connectivity index (χ2n) is 4.08. The van der Waals surface area contributed by atoms with Gasteiger partial charge in [0.15, 0.2) is 0 Å². The van der Waals surface area contributed by atoms with Gasteiger partial charge >= 0.3 is 0 Å². The summed E-state index contributed by atoms with van der Waals surface area (Å²) in [5.41, 5.74) is -0.847. The third kappa shape index (κ3) is 2.79. The van der Waals surface area contributed by atoms with Crippen LogP contribution in [0, 0.1) is 5.82 Å². The molecular weight excluding hydrogens is 209 g/mol. The van der Waals surface area contributed by atoms with Crippen molar-refractivity contribution in [2.45, 2.75) is 26.4 Å². The summed E-state index contributed by atoms with van der Waals surface area (Å²) in [4.78, 5) is 13.3. The molecule has 0 fully saturated rings. The summed E-state index contributed by atoms with van der Waals surface area (Å²) in [7, 11) is 0. The largest absolute Gasteiger partial charge is 0.381 e. The Morgan fingerprint density at radius 3 is 2.25 bits per heavy atom. The van der Waals surface area contributed by atoms with E-state index in [2.05, 4.69) is 0 Å². The van der Waals surface area contributed by atoms with Gasteiger partial charge in [0, 0.05) is 12.2 Å². The molecule has 0 aliphatic heterocycles. The summed E-state index contributed by atoms with van der Waals surface area (Å²) >= 11 is 0. The molecule has 1 aromatic carbocycles. The predicted molar refractivity (Wildman–Crippen MR) is 60.7 cm³/mol. The zero-order valence-corrected chi connectivity index (χ0v) is 9.70. The summed E-state index contributed by atoms with van der Waals surface area (Å²) in [6.45, 7) is 5.09. The molecule has 0 unspecified atom stereocenters. The monoisotopic (exact) mass is 225 g/mol. The van der Waals surface area contributed by atoms with Gasteiger partial charge in [-0.25, -0.2) is 4.39 Å². The van der Waals surface area contributed by atoms with Crippen LogP contribution in [0.1, 0.15) is 20.8 Å². The molecule has 0 radical (unpaired) electrons. The lowest BCUT2D eigenvalue weighted by molar-refractivity contribution is -0.133. The molecule has 88 valence electrons. The Morgan fingerprint density at radius 2 is 1.88 bits per heavy atom. The van der Waals surface area contributed by atoms with Crippen LogP contribution in [0.2, 0.25) is 0 Å². The number of carbonyl (C=O) groups is 1. The molecule has 0 aliphatic rings. The van der Waals surface area contributed by atoms with Gasteiger partial charge in [-0.2, -0.15) is 0 Å². The van der Waals surface area contributed by atoms with Gasteiger partial charge in [-0.15, -0.1) is 0 Å². The number of anilines is 1. The quantitative estimate of drug-likeness (QED) is 0.854. The number of amides is 1. The number of hydrogen-bond donors (Lipinski definition) is 1. The third-order valence-electron chi connectivity index (χ3n) is 2.22. The second-order valence-corrected chi connectivity index (χ2v) is 4.08. The highest BCUT2D eigenvalue weighted by molar-refractivity contribution is 5.98. The lowest BCUT2D eigenvalue weighted by Gasteiger charge is -2.27. The number of rotatable bonds is 3. The maximum absolute atomic E-state index is 12.7. The van der Waals surface area contributed by atoms with Crippen molar-refractivity contribution < 1.29 is 14.3 Å². The van der Waals surface area contributed by atoms with E-state index in [1.807, 2.05) is 0 Å². The molecule has 1 amide bonds. The van der Waals surface area contributed by atoms with Gasteiger partial charge in [0.1, 0.15) is 11.4 Å². The summed E-state index contributed by atoms with van der Waals surface area (Å²) in [5, 5.41) is 9.64. The van der Waals surface area contributed by atoms with Gasteiger partial charge in [0.2, 0.25) is 0 Å². The molecule has 1 N–H and O–H groups in total. The van der Waals surface area contributed by atoms with E-state index >= 15 is 0 Å². The Balaban J connectivity index is 2.99. The third-order valence-corrected chi connectivity index (χ3v) is 2.22. The predicted octanol–water partition coefficient (Wildman–Crippen LogP) is 1.95. The maximum atomic E-state index is 12.7. The Labute approximate surface area is 94.5 Å². The molecule has 16 heavy (non-hydrogen) atoms. The zero-order chi connectivity index (χ0) is 12.3. The Hall–Kier alpha value is -1.42. The average molecular weight is 225 g/mol. The van der Waals surface area contributed by atoms with E-state index in [9.17, 15) is 14.3 Å². The number of carbonyl (C=O) groups excluding carboxylic acids is 1. The SMILES string of the molecule is CCN(C(=O)C(C)(C)O)c1ccc(F)cc1. The zero-order valence-electron chi connectivity index (χ0n) is 9.70. The van der Waals surface area contributed by atoms with E-state index in [1.54, 1.807) is 6.92 Å². The molecular formula is C12H16FNO2. The first kappa shape index (κ1) is 12.6. The van der Waals surface area contributed by atoms with E-state index in [1.165, 1.54) is 43.0 Å². The van der Waals surface area contributed by atoms with Crippen LogP contribution < -0.4 is 4.90 Å². The van der Waals surface area contributed by atoms with Crippen molar-refractivity contribution in [2.24, 2.45) is 0 Å². The van der Waals surface area contributed by atoms with Crippen molar-refractivity contribution >= 4 is 11.6 Å². The van der Waals surface area contributed by atoms with E-state index in [4.69, 9.17) is 0 Å². The summed E-state index contributed by atoms with van der Waals surface area (Å²) in [6.07, 6.45) is 0. The lowest BCUT2D eigenvalue weighted by atomic mass is 10.1. The van der Waals surface area contributed by atoms with Crippen molar-refractivity contribution in [1.29, 1.82) is 0 Å². The topological polar surface area (TPSA) is 40.5 Å². The van der Waals surface area contributed by atoms with Crippen LogP contribution in [0.5, 0.6) is 0 Å². The van der Waals surface area contributed by atoms with E-state index in [0.29, 0.717) is 12.2 Å². The van der Waals surface area contributed by atoms with Crippen molar-refractivity contribution in [2.75, 3.05) is 11.4 Å². The molecule has 0 aromatic heterocycles. The van der Waals surface area contributed by atoms with Gasteiger partial charge < -0.3 is 10.0 Å². The average Bonchev–Trinajstić information content (AvgIpc) is 2.20. The molecule has 1 aromatic rings. The van der Waals surface area contributed by atoms with E-state index in [0.717, 1.165) is 0 Å². The number of aliphatic hydroxyl groups is 1. The summed E-state index contributed by atoms with van der Waals surface area (Å²) in [5.74, 6) is -0.753. The van der Waals surface area contributed by atoms with Crippen LogP contribution in [-0.4, -0.2) is 23.2 Å². The molecule has 3 nitrogen and oxygen atoms in total. The van der Waals surface area contributed by atoms with Gasteiger partial charge in [-0.05, 0) is 45.0 Å². The number of halogens is 1. The van der Waals surface area contributed by atoms with Gasteiger partial charge in [-0.1, -0.05) is 0 Å². The fraction of sp³-hybridized carbons (Fsp3) is 0.417. The summed E-state index contributed by atoms with van der Waals surface area (Å²) < 4.78 is 12.7. The van der Waals surface area contributed by atoms with Gasteiger partial charge in [0.25, 0.3) is 5.91 Å². The molecule has 0 aliphatic carbocycles. The van der Waals surface area contributed by atoms with Crippen LogP contribution in [0.25, 0.3) is 0 Å². The Kier molecular flexibility index (Phi) is 3.65. The fourth-order valence-corrected chi connectivity index (χ4v) is 1.39. The molecule has 4 heteroatoms. The number of benzene rings is 1. The minimum absolute atomic E-state index is 0.351. The van der Waals surface area contributed by atoms with Crippen molar-refractivity contribution in [3.05, 3.63) is 30.1 Å². The highest BCUT2D eigenvalue weighted by Gasteiger charge is 2.29. The van der Waals surface area contributed by atoms with Crippen LogP contribution in [0.4, 0.5) is 10.1 Å². The molecule has 0 bridgehead atoms. The minimum atomic E-state index is -1.43. The first-order valence-electron chi connectivity index (χ1n) is 5.16. The van der Waals surface area contributed by atoms with E-state index in [-0.39, 0.29) is 5.82 Å². The number of nitrogens with zero attached hydrogens (tertiary/aromatic N) is 1. The minimum Gasteiger partial charge on any atom is -0.381 e. The normalized spacial score (nSPS) is 11.3. The molecule has 0 heterocycles. The Morgan fingerprint density at radius 1 is 1.38 bits per heavy atom. The molecule has 0 saturated heterocycles. The molecule has 0 spiro atoms. The highest BCUT2D eigenvalue weighted by Crippen LogP contribution is 2.18. The second kappa shape index (κ2) is 4.61. The summed E-state index contributed by atoms with van der Waals surface area (Å²) in [6, 6.07) is 5.61. The molecule has 1 rings (SSSR count). The van der Waals surface area contributed by atoms with Crippen molar-refractivity contribution in [1.82, 2.24) is 0 Å². The maximum Gasteiger partial charge on any atom is 0.258 e. The first-order chi connectivity index (χ1) is 7.36. The van der Waals surface area contributed by atoms with Crippen LogP contribution in [0.15, 0.2) is 24.3 Å². The van der Waals surface area contributed by atoms with Crippen LogP contribution >= 0.6 is 0 Å². The standard InChI is InChI=1S/C12H16FNO2/c1-4-14(11(15)12(2,3)16)10-7-5-9(13)6-8-10/h5-8,16H,4H2,1-3H3. The van der Waals surface area contributed by atoms with Gasteiger partial charge in [-0.3, -0.25) is 4.79 Å². The Bertz CT molecular complexity index is 368. The number of hydrogen-bond acceptors (Lipinski definition) is 2. The van der Waals surface area contributed by atoms with Crippen molar-refractivity contribution in [3.63, 3.8) is 0 Å². The lowest BCUT2D eigenvalue weighted by Crippen LogP contribution is -2.45. The number of likely N-dealkylation sites (N-methyl/N-ethyl adjacent to an activating group) is 1.